The van der Waals surface area contributed by atoms with Gasteiger partial charge in [-0.3, -0.25) is 10.1 Å². The van der Waals surface area contributed by atoms with E-state index in [1.165, 1.54) is 0 Å². The molecule has 0 bridgehead atoms. The Kier molecular flexibility index (Phi) is 6.81. The Morgan fingerprint density at radius 2 is 2.14 bits per heavy atom. The number of hydrogen-bond donors (Lipinski definition) is 1. The molecule has 1 aromatic heterocycles. The number of carbonyl (C=O) groups excluding carboxylic acids is 1. The molecule has 0 aromatic carbocycles. The first-order chi connectivity index (χ1) is 9.78. The molecule has 4 nitrogen and oxygen atoms in total. The Labute approximate surface area is 132 Å². The van der Waals surface area contributed by atoms with E-state index in [9.17, 15) is 4.79 Å². The largest absolute Gasteiger partial charge is 0.468 e. The first-order valence-electron chi connectivity index (χ1n) is 7.44. The third-order valence-electron chi connectivity index (χ3n) is 3.17. The van der Waals surface area contributed by atoms with E-state index in [2.05, 4.69) is 12.2 Å². The van der Waals surface area contributed by atoms with E-state index < -0.39 is 5.54 Å². The highest BCUT2D eigenvalue weighted by Crippen LogP contribution is 2.32. The van der Waals surface area contributed by atoms with Crippen molar-refractivity contribution in [1.29, 1.82) is 0 Å². The molecule has 0 aliphatic rings. The molecule has 0 spiro atoms. The lowest BCUT2D eigenvalue weighted by atomic mass is 9.95. The van der Waals surface area contributed by atoms with Gasteiger partial charge in [-0.05, 0) is 47.1 Å². The van der Waals surface area contributed by atoms with Crippen LogP contribution in [0.5, 0.6) is 0 Å². The average Bonchev–Trinajstić information content (AvgIpc) is 2.73. The van der Waals surface area contributed by atoms with Gasteiger partial charge in [0.1, 0.15) is 11.3 Å². The van der Waals surface area contributed by atoms with Crippen molar-refractivity contribution in [3.63, 3.8) is 0 Å². The normalized spacial score (nSPS) is 15.8. The second kappa shape index (κ2) is 7.90. The molecular formula is C16H27NO3S. The van der Waals surface area contributed by atoms with Crippen molar-refractivity contribution in [2.75, 3.05) is 6.61 Å². The molecule has 0 saturated carbocycles. The van der Waals surface area contributed by atoms with Crippen molar-refractivity contribution in [2.24, 2.45) is 0 Å². The third-order valence-corrected chi connectivity index (χ3v) is 4.41. The van der Waals surface area contributed by atoms with Gasteiger partial charge in [-0.1, -0.05) is 6.92 Å². The van der Waals surface area contributed by atoms with Gasteiger partial charge in [0.2, 0.25) is 0 Å². The summed E-state index contributed by atoms with van der Waals surface area (Å²) in [5.74, 6) is 0.733. The number of ether oxygens (including phenoxy) is 1. The van der Waals surface area contributed by atoms with Crippen LogP contribution in [0.4, 0.5) is 0 Å². The van der Waals surface area contributed by atoms with Crippen LogP contribution in [0.15, 0.2) is 21.6 Å². The van der Waals surface area contributed by atoms with Crippen LogP contribution in [0, 0.1) is 6.92 Å². The zero-order valence-corrected chi connectivity index (χ0v) is 14.7. The summed E-state index contributed by atoms with van der Waals surface area (Å²) in [5.41, 5.74) is -0.672. The predicted octanol–water partition coefficient (Wildman–Crippen LogP) is 3.78. The van der Waals surface area contributed by atoms with E-state index in [1.54, 1.807) is 18.0 Å². The number of esters is 1. The third kappa shape index (κ3) is 5.40. The Morgan fingerprint density at radius 1 is 1.48 bits per heavy atom. The number of thioether (sulfide) groups is 1. The topological polar surface area (TPSA) is 51.5 Å². The first kappa shape index (κ1) is 18.1. The molecule has 0 aliphatic carbocycles. The van der Waals surface area contributed by atoms with Crippen molar-refractivity contribution < 1.29 is 13.9 Å². The minimum atomic E-state index is -0.672. The van der Waals surface area contributed by atoms with Crippen LogP contribution in [0.2, 0.25) is 0 Å². The molecule has 1 rings (SSSR count). The highest BCUT2D eigenvalue weighted by molar-refractivity contribution is 8.00. The molecular weight excluding hydrogens is 286 g/mol. The lowest BCUT2D eigenvalue weighted by molar-refractivity contribution is -0.151. The fourth-order valence-corrected chi connectivity index (χ4v) is 3.66. The zero-order chi connectivity index (χ0) is 16.0. The number of furan rings is 1. The van der Waals surface area contributed by atoms with Crippen molar-refractivity contribution in [2.45, 2.75) is 69.7 Å². The maximum absolute atomic E-state index is 12.3. The second-order valence-electron chi connectivity index (χ2n) is 5.83. The summed E-state index contributed by atoms with van der Waals surface area (Å²) in [6.07, 6.45) is 2.39. The van der Waals surface area contributed by atoms with Gasteiger partial charge in [-0.25, -0.2) is 0 Å². The molecule has 0 fully saturated rings. The van der Waals surface area contributed by atoms with Crippen molar-refractivity contribution in [3.05, 3.63) is 18.1 Å². The lowest BCUT2D eigenvalue weighted by Gasteiger charge is -2.32. The highest BCUT2D eigenvalue weighted by Gasteiger charge is 2.36. The number of nitrogens with one attached hydrogen (secondary N) is 1. The average molecular weight is 313 g/mol. The van der Waals surface area contributed by atoms with Crippen molar-refractivity contribution in [3.8, 4) is 0 Å². The van der Waals surface area contributed by atoms with Crippen LogP contribution < -0.4 is 5.32 Å². The number of carbonyl (C=O) groups is 1. The van der Waals surface area contributed by atoms with Gasteiger partial charge >= 0.3 is 5.97 Å². The zero-order valence-electron chi connectivity index (χ0n) is 13.9. The summed E-state index contributed by atoms with van der Waals surface area (Å²) >= 11 is 1.72. The second-order valence-corrected chi connectivity index (χ2v) is 7.31. The van der Waals surface area contributed by atoms with E-state index in [0.29, 0.717) is 13.0 Å². The van der Waals surface area contributed by atoms with Gasteiger partial charge in [0.25, 0.3) is 0 Å². The highest BCUT2D eigenvalue weighted by atomic mass is 32.2. The molecule has 1 N–H and O–H groups in total. The summed E-state index contributed by atoms with van der Waals surface area (Å²) in [6.45, 7) is 12.3. The van der Waals surface area contributed by atoms with Gasteiger partial charge in [0, 0.05) is 16.2 Å². The van der Waals surface area contributed by atoms with Crippen LogP contribution in [0.25, 0.3) is 0 Å². The Hall–Kier alpha value is -0.940. The summed E-state index contributed by atoms with van der Waals surface area (Å²) < 4.78 is 10.6. The minimum absolute atomic E-state index is 0.185. The van der Waals surface area contributed by atoms with Crippen molar-refractivity contribution in [1.82, 2.24) is 5.32 Å². The quantitative estimate of drug-likeness (QED) is 0.585. The van der Waals surface area contributed by atoms with Crippen LogP contribution in [-0.4, -0.2) is 29.4 Å². The first-order valence-corrected chi connectivity index (χ1v) is 8.32. The molecule has 5 heteroatoms. The number of hydrogen-bond acceptors (Lipinski definition) is 5. The van der Waals surface area contributed by atoms with Crippen LogP contribution in [0.3, 0.4) is 0 Å². The minimum Gasteiger partial charge on any atom is -0.468 e. The molecule has 0 amide bonds. The van der Waals surface area contributed by atoms with E-state index >= 15 is 0 Å². The monoisotopic (exact) mass is 313 g/mol. The summed E-state index contributed by atoms with van der Waals surface area (Å²) in [4.78, 5) is 13.4. The van der Waals surface area contributed by atoms with Gasteiger partial charge in [0.15, 0.2) is 0 Å². The lowest BCUT2D eigenvalue weighted by Crippen LogP contribution is -2.54. The predicted molar refractivity (Wildman–Crippen MR) is 86.7 cm³/mol. The van der Waals surface area contributed by atoms with Gasteiger partial charge in [0.05, 0.1) is 12.9 Å². The van der Waals surface area contributed by atoms with Gasteiger partial charge < -0.3 is 9.15 Å². The Balaban J connectivity index is 2.75. The van der Waals surface area contributed by atoms with Gasteiger partial charge in [-0.2, -0.15) is 0 Å². The van der Waals surface area contributed by atoms with Gasteiger partial charge in [-0.15, -0.1) is 11.8 Å². The van der Waals surface area contributed by atoms with Crippen molar-refractivity contribution >= 4 is 17.7 Å². The number of rotatable bonds is 8. The smallest absolute Gasteiger partial charge is 0.326 e. The summed E-state index contributed by atoms with van der Waals surface area (Å²) in [6, 6.07) is 2.18. The fraction of sp³-hybridized carbons (Fsp3) is 0.688. The molecule has 0 aliphatic heterocycles. The molecule has 2 atom stereocenters. The molecule has 1 heterocycles. The van der Waals surface area contributed by atoms with E-state index in [-0.39, 0.29) is 17.3 Å². The summed E-state index contributed by atoms with van der Waals surface area (Å²) in [7, 11) is 0. The van der Waals surface area contributed by atoms with Crippen LogP contribution >= 0.6 is 11.8 Å². The molecule has 120 valence electrons. The van der Waals surface area contributed by atoms with Crippen LogP contribution in [-0.2, 0) is 9.53 Å². The molecule has 21 heavy (non-hydrogen) atoms. The Bertz CT molecular complexity index is 458. The maximum Gasteiger partial charge on any atom is 0.326 e. The SMILES string of the molecule is CCOC(=O)C(C)(CC(C)Sc1ccoc1C)NC(C)C. The molecule has 0 radical (unpaired) electrons. The number of aryl methyl sites for hydroxylation is 1. The van der Waals surface area contributed by atoms with E-state index in [4.69, 9.17) is 9.15 Å². The molecule has 0 saturated heterocycles. The molecule has 1 aromatic rings. The Morgan fingerprint density at radius 3 is 2.62 bits per heavy atom. The van der Waals surface area contributed by atoms with E-state index in [1.807, 2.05) is 40.7 Å². The van der Waals surface area contributed by atoms with E-state index in [0.717, 1.165) is 10.7 Å². The standard InChI is InChI=1S/C16H27NO3S/c1-7-19-15(18)16(6,17-11(2)3)10-12(4)21-14-8-9-20-13(14)5/h8-9,11-12,17H,7,10H2,1-6H3. The summed E-state index contributed by atoms with van der Waals surface area (Å²) in [5, 5.41) is 3.62. The molecule has 2 unspecified atom stereocenters. The maximum atomic E-state index is 12.3. The fourth-order valence-electron chi connectivity index (χ4n) is 2.46. The van der Waals surface area contributed by atoms with Crippen LogP contribution in [0.1, 0.15) is 46.8 Å².